The summed E-state index contributed by atoms with van der Waals surface area (Å²) >= 11 is 5.95. The average molecular weight is 323 g/mol. The van der Waals surface area contributed by atoms with Crippen LogP contribution in [0.25, 0.3) is 0 Å². The molecule has 22 heavy (non-hydrogen) atoms. The van der Waals surface area contributed by atoms with Crippen LogP contribution in [0.5, 0.6) is 5.75 Å². The van der Waals surface area contributed by atoms with Gasteiger partial charge in [-0.1, -0.05) is 11.6 Å². The molecule has 1 saturated heterocycles. The summed E-state index contributed by atoms with van der Waals surface area (Å²) in [5, 5.41) is 7.14. The van der Waals surface area contributed by atoms with Gasteiger partial charge in [-0.05, 0) is 69.5 Å². The molecule has 1 aliphatic heterocycles. The number of ether oxygens (including phenoxy) is 1. The molecule has 1 aromatic rings. The SMILES string of the molecule is Cc1cc(Cl)ccc1OCC(C)(C)NC(=O)[C@H]1[C@@H]2CNC[C@@H]21. The van der Waals surface area contributed by atoms with Gasteiger partial charge in [-0.25, -0.2) is 0 Å². The summed E-state index contributed by atoms with van der Waals surface area (Å²) in [6.45, 7) is 8.33. The van der Waals surface area contributed by atoms with Crippen molar-refractivity contribution < 1.29 is 9.53 Å². The molecule has 0 unspecified atom stereocenters. The molecule has 4 nitrogen and oxygen atoms in total. The first-order valence-electron chi connectivity index (χ1n) is 7.79. The van der Waals surface area contributed by atoms with Gasteiger partial charge >= 0.3 is 0 Å². The number of hydrogen-bond donors (Lipinski definition) is 2. The summed E-state index contributed by atoms with van der Waals surface area (Å²) in [7, 11) is 0. The topological polar surface area (TPSA) is 50.4 Å². The number of carbonyl (C=O) groups excluding carboxylic acids is 1. The Balaban J connectivity index is 1.53. The second-order valence-corrected chi connectivity index (χ2v) is 7.52. The second kappa shape index (κ2) is 5.74. The molecular formula is C17H23ClN2O2. The molecule has 1 amide bonds. The van der Waals surface area contributed by atoms with Crippen molar-refractivity contribution in [3.05, 3.63) is 28.8 Å². The van der Waals surface area contributed by atoms with Gasteiger partial charge in [0.05, 0.1) is 5.54 Å². The lowest BCUT2D eigenvalue weighted by Gasteiger charge is -2.27. The fourth-order valence-electron chi connectivity index (χ4n) is 3.29. The van der Waals surface area contributed by atoms with Gasteiger partial charge in [-0.2, -0.15) is 0 Å². The van der Waals surface area contributed by atoms with Crippen LogP contribution in [-0.2, 0) is 4.79 Å². The summed E-state index contributed by atoms with van der Waals surface area (Å²) in [4.78, 5) is 12.3. The molecule has 3 atom stereocenters. The Morgan fingerprint density at radius 2 is 2.09 bits per heavy atom. The first-order valence-corrected chi connectivity index (χ1v) is 8.17. The van der Waals surface area contributed by atoms with Crippen molar-refractivity contribution in [2.75, 3.05) is 19.7 Å². The molecule has 0 spiro atoms. The van der Waals surface area contributed by atoms with Crippen LogP contribution in [0.2, 0.25) is 5.02 Å². The lowest BCUT2D eigenvalue weighted by Crippen LogP contribution is -2.49. The Hall–Kier alpha value is -1.26. The highest BCUT2D eigenvalue weighted by Gasteiger charge is 2.57. The standard InChI is InChI=1S/C17H23ClN2O2/c1-10-6-11(18)4-5-14(10)22-9-17(2,3)20-16(21)15-12-7-19-8-13(12)15/h4-6,12-13,15,19H,7-9H2,1-3H3,(H,20,21)/t12-,13+,15+. The van der Waals surface area contributed by atoms with Crippen LogP contribution < -0.4 is 15.4 Å². The van der Waals surface area contributed by atoms with Crippen LogP contribution in [0.4, 0.5) is 0 Å². The van der Waals surface area contributed by atoms with Gasteiger partial charge < -0.3 is 15.4 Å². The Morgan fingerprint density at radius 1 is 1.41 bits per heavy atom. The molecule has 2 N–H and O–H groups in total. The second-order valence-electron chi connectivity index (χ2n) is 7.08. The first-order chi connectivity index (χ1) is 10.4. The van der Waals surface area contributed by atoms with Gasteiger partial charge in [0, 0.05) is 10.9 Å². The maximum Gasteiger partial charge on any atom is 0.224 e. The van der Waals surface area contributed by atoms with Crippen molar-refractivity contribution in [3.8, 4) is 5.75 Å². The summed E-state index contributed by atoms with van der Waals surface area (Å²) < 4.78 is 5.87. The van der Waals surface area contributed by atoms with Gasteiger partial charge in [0.2, 0.25) is 5.91 Å². The minimum atomic E-state index is -0.395. The average Bonchev–Trinajstić information content (AvgIpc) is 2.91. The number of benzene rings is 1. The van der Waals surface area contributed by atoms with Crippen LogP contribution in [0.1, 0.15) is 19.4 Å². The van der Waals surface area contributed by atoms with E-state index in [0.717, 1.165) is 24.4 Å². The van der Waals surface area contributed by atoms with E-state index in [1.54, 1.807) is 0 Å². The van der Waals surface area contributed by atoms with Crippen molar-refractivity contribution in [1.82, 2.24) is 10.6 Å². The van der Waals surface area contributed by atoms with Gasteiger partial charge in [0.25, 0.3) is 0 Å². The smallest absolute Gasteiger partial charge is 0.224 e. The lowest BCUT2D eigenvalue weighted by molar-refractivity contribution is -0.125. The zero-order valence-electron chi connectivity index (χ0n) is 13.3. The number of halogens is 1. The zero-order valence-corrected chi connectivity index (χ0v) is 14.0. The zero-order chi connectivity index (χ0) is 15.9. The molecule has 3 rings (SSSR count). The van der Waals surface area contributed by atoms with Gasteiger partial charge in [0.15, 0.2) is 0 Å². The molecular weight excluding hydrogens is 300 g/mol. The molecule has 5 heteroatoms. The maximum absolute atomic E-state index is 12.3. The van der Waals surface area contributed by atoms with E-state index in [2.05, 4.69) is 10.6 Å². The minimum absolute atomic E-state index is 0.165. The Morgan fingerprint density at radius 3 is 2.73 bits per heavy atom. The summed E-state index contributed by atoms with van der Waals surface area (Å²) in [6, 6.07) is 5.56. The Bertz CT molecular complexity index is 578. The molecule has 0 aromatic heterocycles. The van der Waals surface area contributed by atoms with Crippen molar-refractivity contribution in [3.63, 3.8) is 0 Å². The van der Waals surface area contributed by atoms with Crippen LogP contribution >= 0.6 is 11.6 Å². The van der Waals surface area contributed by atoms with Gasteiger partial charge in [-0.15, -0.1) is 0 Å². The van der Waals surface area contributed by atoms with E-state index in [9.17, 15) is 4.79 Å². The van der Waals surface area contributed by atoms with E-state index >= 15 is 0 Å². The molecule has 1 heterocycles. The third-order valence-corrected chi connectivity index (χ3v) is 4.82. The maximum atomic E-state index is 12.3. The lowest BCUT2D eigenvalue weighted by atomic mass is 10.1. The number of rotatable bonds is 5. The molecule has 0 radical (unpaired) electrons. The van der Waals surface area contributed by atoms with Crippen molar-refractivity contribution in [1.29, 1.82) is 0 Å². The number of hydrogen-bond acceptors (Lipinski definition) is 3. The Labute approximate surface area is 136 Å². The van der Waals surface area contributed by atoms with E-state index in [0.29, 0.717) is 23.5 Å². The summed E-state index contributed by atoms with van der Waals surface area (Å²) in [5.41, 5.74) is 0.602. The number of piperidine rings is 1. The highest BCUT2D eigenvalue weighted by Crippen LogP contribution is 2.48. The Kier molecular flexibility index (Phi) is 4.08. The van der Waals surface area contributed by atoms with Crippen molar-refractivity contribution in [2.24, 2.45) is 17.8 Å². The molecule has 1 aromatic carbocycles. The van der Waals surface area contributed by atoms with Gasteiger partial charge in [-0.3, -0.25) is 4.79 Å². The fraction of sp³-hybridized carbons (Fsp3) is 0.588. The van der Waals surface area contributed by atoms with Gasteiger partial charge in [0.1, 0.15) is 12.4 Å². The molecule has 0 bridgehead atoms. The normalized spacial score (nSPS) is 26.5. The summed E-state index contributed by atoms with van der Waals surface area (Å²) in [6.07, 6.45) is 0. The largest absolute Gasteiger partial charge is 0.491 e. The minimum Gasteiger partial charge on any atom is -0.491 e. The number of fused-ring (bicyclic) bond motifs is 1. The molecule has 2 fully saturated rings. The van der Waals surface area contributed by atoms with E-state index in [1.807, 2.05) is 39.0 Å². The predicted molar refractivity (Wildman–Crippen MR) is 87.2 cm³/mol. The number of amides is 1. The van der Waals surface area contributed by atoms with E-state index < -0.39 is 5.54 Å². The number of aryl methyl sites for hydroxylation is 1. The summed E-state index contributed by atoms with van der Waals surface area (Å²) in [5.74, 6) is 2.24. The van der Waals surface area contributed by atoms with Crippen molar-refractivity contribution >= 4 is 17.5 Å². The molecule has 120 valence electrons. The highest BCUT2D eigenvalue weighted by molar-refractivity contribution is 6.30. The van der Waals surface area contributed by atoms with Crippen LogP contribution in [0.15, 0.2) is 18.2 Å². The fourth-order valence-corrected chi connectivity index (χ4v) is 3.52. The number of nitrogens with one attached hydrogen (secondary N) is 2. The molecule has 2 aliphatic rings. The van der Waals surface area contributed by atoms with Crippen LogP contribution in [0.3, 0.4) is 0 Å². The quantitative estimate of drug-likeness (QED) is 0.875. The first kappa shape index (κ1) is 15.6. The highest BCUT2D eigenvalue weighted by atomic mass is 35.5. The third-order valence-electron chi connectivity index (χ3n) is 4.58. The van der Waals surface area contributed by atoms with Crippen LogP contribution in [0, 0.1) is 24.7 Å². The third kappa shape index (κ3) is 3.23. The van der Waals surface area contributed by atoms with E-state index in [-0.39, 0.29) is 11.8 Å². The molecule has 1 saturated carbocycles. The van der Waals surface area contributed by atoms with Crippen molar-refractivity contribution in [2.45, 2.75) is 26.3 Å². The van der Waals surface area contributed by atoms with E-state index in [4.69, 9.17) is 16.3 Å². The monoisotopic (exact) mass is 322 g/mol. The van der Waals surface area contributed by atoms with E-state index in [1.165, 1.54) is 0 Å². The number of carbonyl (C=O) groups is 1. The predicted octanol–water partition coefficient (Wildman–Crippen LogP) is 2.39. The molecule has 1 aliphatic carbocycles. The van der Waals surface area contributed by atoms with Crippen LogP contribution in [-0.4, -0.2) is 31.1 Å².